The molecule has 0 aliphatic rings. The predicted octanol–water partition coefficient (Wildman–Crippen LogP) is 2.72. The van der Waals surface area contributed by atoms with Gasteiger partial charge in [0.1, 0.15) is 5.75 Å². The number of ether oxygens (including phenoxy) is 1. The predicted molar refractivity (Wildman–Crippen MR) is 85.3 cm³/mol. The highest BCUT2D eigenvalue weighted by atomic mass is 16.5. The van der Waals surface area contributed by atoms with Crippen LogP contribution in [0.25, 0.3) is 10.8 Å². The van der Waals surface area contributed by atoms with Gasteiger partial charge in [-0.2, -0.15) is 0 Å². The first-order valence-corrected chi connectivity index (χ1v) is 7.07. The highest BCUT2D eigenvalue weighted by Gasteiger charge is 2.20. The van der Waals surface area contributed by atoms with Crippen LogP contribution in [0.3, 0.4) is 0 Å². The van der Waals surface area contributed by atoms with Gasteiger partial charge < -0.3 is 15.4 Å². The van der Waals surface area contributed by atoms with E-state index in [0.29, 0.717) is 5.75 Å². The zero-order valence-corrected chi connectivity index (χ0v) is 13.0. The van der Waals surface area contributed by atoms with Gasteiger partial charge in [0.25, 0.3) is 5.91 Å². The summed E-state index contributed by atoms with van der Waals surface area (Å²) in [5.74, 6) is 0.629. The van der Waals surface area contributed by atoms with Crippen LogP contribution in [-0.4, -0.2) is 31.0 Å². The zero-order valence-electron chi connectivity index (χ0n) is 13.0. The second-order valence-corrected chi connectivity index (χ2v) is 5.49. The molecule has 2 aromatic rings. The molecule has 0 aliphatic heterocycles. The SMILES string of the molecule is CC(Oc1c([C@H](C)N)ccc2ccccc12)C(=O)N(C)C. The molecule has 2 atom stereocenters. The number of amides is 1. The third-order valence-corrected chi connectivity index (χ3v) is 3.48. The van der Waals surface area contributed by atoms with Crippen molar-refractivity contribution in [3.8, 4) is 5.75 Å². The number of carbonyl (C=O) groups is 1. The first-order valence-electron chi connectivity index (χ1n) is 7.07. The molecule has 1 amide bonds. The fourth-order valence-corrected chi connectivity index (χ4v) is 2.34. The summed E-state index contributed by atoms with van der Waals surface area (Å²) in [6.45, 7) is 3.67. The summed E-state index contributed by atoms with van der Waals surface area (Å²) in [5.41, 5.74) is 6.95. The van der Waals surface area contributed by atoms with Crippen LogP contribution >= 0.6 is 0 Å². The standard InChI is InChI=1S/C17H22N2O2/c1-11(18)14-10-9-13-7-5-6-8-15(13)16(14)21-12(2)17(20)19(3)4/h5-12H,18H2,1-4H3/t11-,12?/m0/s1. The lowest BCUT2D eigenvalue weighted by Gasteiger charge is -2.22. The van der Waals surface area contributed by atoms with Crippen molar-refractivity contribution in [2.45, 2.75) is 26.0 Å². The Morgan fingerprint density at radius 1 is 1.14 bits per heavy atom. The van der Waals surface area contributed by atoms with Crippen LogP contribution in [0.5, 0.6) is 5.75 Å². The Kier molecular flexibility index (Phi) is 4.48. The van der Waals surface area contributed by atoms with Crippen molar-refractivity contribution in [2.75, 3.05) is 14.1 Å². The molecule has 0 saturated carbocycles. The van der Waals surface area contributed by atoms with E-state index in [9.17, 15) is 4.79 Å². The van der Waals surface area contributed by atoms with Gasteiger partial charge in [0.15, 0.2) is 6.10 Å². The maximum Gasteiger partial charge on any atom is 0.262 e. The lowest BCUT2D eigenvalue weighted by molar-refractivity contribution is -0.135. The summed E-state index contributed by atoms with van der Waals surface area (Å²) in [6.07, 6.45) is -0.552. The normalized spacial score (nSPS) is 13.8. The minimum atomic E-state index is -0.552. The number of hydrogen-bond acceptors (Lipinski definition) is 3. The quantitative estimate of drug-likeness (QED) is 0.940. The maximum absolute atomic E-state index is 12.0. The smallest absolute Gasteiger partial charge is 0.262 e. The molecule has 0 spiro atoms. The Labute approximate surface area is 125 Å². The van der Waals surface area contributed by atoms with Gasteiger partial charge in [0.2, 0.25) is 0 Å². The molecule has 2 rings (SSSR count). The number of hydrogen-bond donors (Lipinski definition) is 1. The molecule has 2 N–H and O–H groups in total. The number of nitrogens with two attached hydrogens (primary N) is 1. The van der Waals surface area contributed by atoms with Crippen LogP contribution in [0.15, 0.2) is 36.4 Å². The van der Waals surface area contributed by atoms with Crippen molar-refractivity contribution in [3.05, 3.63) is 42.0 Å². The van der Waals surface area contributed by atoms with Gasteiger partial charge in [-0.15, -0.1) is 0 Å². The number of fused-ring (bicyclic) bond motifs is 1. The topological polar surface area (TPSA) is 55.6 Å². The summed E-state index contributed by atoms with van der Waals surface area (Å²) in [4.78, 5) is 13.6. The Morgan fingerprint density at radius 2 is 1.81 bits per heavy atom. The van der Waals surface area contributed by atoms with Crippen molar-refractivity contribution in [1.82, 2.24) is 4.90 Å². The van der Waals surface area contributed by atoms with Crippen LogP contribution < -0.4 is 10.5 Å². The molecule has 1 unspecified atom stereocenters. The molecule has 21 heavy (non-hydrogen) atoms. The lowest BCUT2D eigenvalue weighted by atomic mass is 10.0. The summed E-state index contributed by atoms with van der Waals surface area (Å²) >= 11 is 0. The van der Waals surface area contributed by atoms with Crippen molar-refractivity contribution >= 4 is 16.7 Å². The van der Waals surface area contributed by atoms with Gasteiger partial charge in [0, 0.05) is 31.1 Å². The molecule has 0 aliphatic carbocycles. The second kappa shape index (κ2) is 6.14. The van der Waals surface area contributed by atoms with E-state index in [2.05, 4.69) is 0 Å². The molecule has 0 saturated heterocycles. The fourth-order valence-electron chi connectivity index (χ4n) is 2.34. The van der Waals surface area contributed by atoms with Crippen molar-refractivity contribution in [3.63, 3.8) is 0 Å². The maximum atomic E-state index is 12.0. The molecule has 2 aromatic carbocycles. The molecule has 4 heteroatoms. The average molecular weight is 286 g/mol. The minimum absolute atomic E-state index is 0.0708. The van der Waals surface area contributed by atoms with Crippen LogP contribution in [0.2, 0.25) is 0 Å². The van der Waals surface area contributed by atoms with Crippen molar-refractivity contribution < 1.29 is 9.53 Å². The Balaban J connectivity index is 2.49. The number of likely N-dealkylation sites (N-methyl/N-ethyl adjacent to an activating group) is 1. The van der Waals surface area contributed by atoms with Gasteiger partial charge in [-0.05, 0) is 19.2 Å². The van der Waals surface area contributed by atoms with Crippen LogP contribution in [0.1, 0.15) is 25.5 Å². The first-order chi connectivity index (χ1) is 9.91. The molecule has 0 radical (unpaired) electrons. The monoisotopic (exact) mass is 286 g/mol. The number of benzene rings is 2. The van der Waals surface area contributed by atoms with Gasteiger partial charge >= 0.3 is 0 Å². The summed E-state index contributed by atoms with van der Waals surface area (Å²) in [7, 11) is 3.44. The van der Waals surface area contributed by atoms with E-state index in [1.165, 1.54) is 4.90 Å². The van der Waals surface area contributed by atoms with Crippen LogP contribution in [0, 0.1) is 0 Å². The van der Waals surface area contributed by atoms with E-state index in [0.717, 1.165) is 16.3 Å². The van der Waals surface area contributed by atoms with Crippen molar-refractivity contribution in [1.29, 1.82) is 0 Å². The van der Waals surface area contributed by atoms with Crippen LogP contribution in [-0.2, 0) is 4.79 Å². The van der Waals surface area contributed by atoms with Crippen LogP contribution in [0.4, 0.5) is 0 Å². The van der Waals surface area contributed by atoms with E-state index in [1.54, 1.807) is 21.0 Å². The Bertz CT molecular complexity index is 650. The molecule has 112 valence electrons. The minimum Gasteiger partial charge on any atom is -0.480 e. The number of nitrogens with zero attached hydrogens (tertiary/aromatic N) is 1. The third kappa shape index (κ3) is 3.16. The Morgan fingerprint density at radius 3 is 2.43 bits per heavy atom. The zero-order chi connectivity index (χ0) is 15.6. The molecule has 0 bridgehead atoms. The summed E-state index contributed by atoms with van der Waals surface area (Å²) in [5, 5.41) is 2.05. The first kappa shape index (κ1) is 15.3. The molecule has 0 fully saturated rings. The lowest BCUT2D eigenvalue weighted by Crippen LogP contribution is -2.35. The van der Waals surface area contributed by atoms with E-state index >= 15 is 0 Å². The van der Waals surface area contributed by atoms with Gasteiger partial charge in [-0.1, -0.05) is 36.4 Å². The van der Waals surface area contributed by atoms with E-state index < -0.39 is 6.10 Å². The van der Waals surface area contributed by atoms with Gasteiger partial charge in [-0.25, -0.2) is 0 Å². The highest BCUT2D eigenvalue weighted by Crippen LogP contribution is 2.33. The number of rotatable bonds is 4. The molecule has 0 heterocycles. The molecule has 0 aromatic heterocycles. The van der Waals surface area contributed by atoms with E-state index in [1.807, 2.05) is 43.3 Å². The van der Waals surface area contributed by atoms with Crippen molar-refractivity contribution in [2.24, 2.45) is 5.73 Å². The van der Waals surface area contributed by atoms with Gasteiger partial charge in [-0.3, -0.25) is 4.79 Å². The van der Waals surface area contributed by atoms with E-state index in [4.69, 9.17) is 10.5 Å². The number of carbonyl (C=O) groups excluding carboxylic acids is 1. The Hall–Kier alpha value is -2.07. The average Bonchev–Trinajstić information content (AvgIpc) is 2.46. The second-order valence-electron chi connectivity index (χ2n) is 5.49. The third-order valence-electron chi connectivity index (χ3n) is 3.48. The highest BCUT2D eigenvalue weighted by molar-refractivity contribution is 5.90. The largest absolute Gasteiger partial charge is 0.480 e. The fraction of sp³-hybridized carbons (Fsp3) is 0.353. The van der Waals surface area contributed by atoms with Gasteiger partial charge in [0.05, 0.1) is 0 Å². The summed E-state index contributed by atoms with van der Waals surface area (Å²) < 4.78 is 5.97. The van der Waals surface area contributed by atoms with E-state index in [-0.39, 0.29) is 11.9 Å². The summed E-state index contributed by atoms with van der Waals surface area (Å²) in [6, 6.07) is 11.8. The molecular weight excluding hydrogens is 264 g/mol. The molecule has 4 nitrogen and oxygen atoms in total. The molecular formula is C17H22N2O2.